The molecule has 1 N–H and O–H groups in total. The van der Waals surface area contributed by atoms with Crippen molar-refractivity contribution in [2.75, 3.05) is 23.7 Å². The smallest absolute Gasteiger partial charge is 0.406 e. The van der Waals surface area contributed by atoms with Gasteiger partial charge in [0.05, 0.1) is 5.69 Å². The minimum absolute atomic E-state index is 0.276. The second kappa shape index (κ2) is 13.8. The Morgan fingerprint density at radius 3 is 2.42 bits per heavy atom. The number of aromatic nitrogens is 3. The van der Waals surface area contributed by atoms with E-state index in [1.165, 1.54) is 52.0 Å². The van der Waals surface area contributed by atoms with E-state index in [0.29, 0.717) is 18.1 Å². The molecule has 0 aliphatic carbocycles. The topological polar surface area (TPSA) is 84.6 Å². The number of thioether (sulfide) groups is 1. The molecule has 0 radical (unpaired) electrons. The summed E-state index contributed by atoms with van der Waals surface area (Å²) < 4.78 is 42.7. The van der Waals surface area contributed by atoms with Crippen LogP contribution in [0.2, 0.25) is 0 Å². The predicted molar refractivity (Wildman–Crippen MR) is 172 cm³/mol. The van der Waals surface area contributed by atoms with Crippen LogP contribution in [0.4, 0.5) is 23.7 Å². The highest BCUT2D eigenvalue weighted by Crippen LogP contribution is 2.32. The number of nitrogens with one attached hydrogen (secondary N) is 1. The summed E-state index contributed by atoms with van der Waals surface area (Å²) in [6, 6.07) is 17.4. The molecule has 5 rings (SSSR count). The number of halogens is 3. The first-order chi connectivity index (χ1) is 21.5. The van der Waals surface area contributed by atoms with Crippen molar-refractivity contribution in [3.63, 3.8) is 0 Å². The molecule has 2 amide bonds. The van der Waals surface area contributed by atoms with Gasteiger partial charge in [0.1, 0.15) is 12.1 Å². The summed E-state index contributed by atoms with van der Waals surface area (Å²) in [7, 11) is 0. The van der Waals surface area contributed by atoms with Gasteiger partial charge in [0.2, 0.25) is 0 Å². The zero-order valence-corrected chi connectivity index (χ0v) is 26.4. The van der Waals surface area contributed by atoms with Gasteiger partial charge in [-0.3, -0.25) is 0 Å². The van der Waals surface area contributed by atoms with E-state index in [1.807, 2.05) is 24.3 Å². The number of aliphatic imine (C=N–C) groups is 1. The van der Waals surface area contributed by atoms with Crippen LogP contribution < -0.4 is 15.0 Å². The molecule has 4 aromatic rings. The minimum atomic E-state index is -4.74. The van der Waals surface area contributed by atoms with E-state index >= 15 is 0 Å². The maximum atomic E-state index is 12.6. The van der Waals surface area contributed by atoms with Crippen LogP contribution in [-0.4, -0.2) is 51.2 Å². The zero-order chi connectivity index (χ0) is 32.1. The minimum Gasteiger partial charge on any atom is -0.406 e. The fourth-order valence-electron chi connectivity index (χ4n) is 5.48. The Hall–Kier alpha value is -4.32. The van der Waals surface area contributed by atoms with Crippen molar-refractivity contribution in [1.29, 1.82) is 0 Å². The second-order valence-corrected chi connectivity index (χ2v) is 12.2. The fraction of sp³-hybridized carbons (Fsp3) is 0.333. The molecule has 1 atom stereocenters. The SMILES string of the molecule is Cc1cc(C)c(N2CCSC2=NC(=O)NCCCC(C)c2ccc(-c3ncn(-c4ccc(OC(F)(F)F)cc4)n3)cc2)c(C)c1. The van der Waals surface area contributed by atoms with E-state index < -0.39 is 6.36 Å². The van der Waals surface area contributed by atoms with Crippen LogP contribution in [0.5, 0.6) is 5.75 Å². The number of amidine groups is 1. The predicted octanol–water partition coefficient (Wildman–Crippen LogP) is 7.96. The number of carbonyl (C=O) groups is 1. The first kappa shape index (κ1) is 32.1. The summed E-state index contributed by atoms with van der Waals surface area (Å²) in [5.74, 6) is 1.37. The molecule has 0 spiro atoms. The molecule has 45 heavy (non-hydrogen) atoms. The molecule has 1 aliphatic rings. The van der Waals surface area contributed by atoms with Crippen LogP contribution in [0, 0.1) is 20.8 Å². The van der Waals surface area contributed by atoms with E-state index in [0.717, 1.165) is 47.1 Å². The third-order valence-corrected chi connectivity index (χ3v) is 8.49. The quantitative estimate of drug-likeness (QED) is 0.188. The fourth-order valence-corrected chi connectivity index (χ4v) is 6.42. The maximum Gasteiger partial charge on any atom is 0.573 e. The Morgan fingerprint density at radius 2 is 1.76 bits per heavy atom. The molecule has 3 aromatic carbocycles. The van der Waals surface area contributed by atoms with Crippen LogP contribution >= 0.6 is 11.8 Å². The van der Waals surface area contributed by atoms with Crippen LogP contribution in [0.3, 0.4) is 0 Å². The summed E-state index contributed by atoms with van der Waals surface area (Å²) in [6.45, 7) is 9.80. The van der Waals surface area contributed by atoms with Gasteiger partial charge in [0, 0.05) is 30.1 Å². The zero-order valence-electron chi connectivity index (χ0n) is 25.6. The molecule has 1 aromatic heterocycles. The van der Waals surface area contributed by atoms with Gasteiger partial charge in [0.15, 0.2) is 11.0 Å². The van der Waals surface area contributed by atoms with Gasteiger partial charge < -0.3 is 15.0 Å². The van der Waals surface area contributed by atoms with Crippen LogP contribution in [0.15, 0.2) is 72.0 Å². The lowest BCUT2D eigenvalue weighted by Gasteiger charge is -2.23. The van der Waals surface area contributed by atoms with Crippen LogP contribution in [0.25, 0.3) is 17.1 Å². The molecule has 12 heteroatoms. The summed E-state index contributed by atoms with van der Waals surface area (Å²) in [5.41, 5.74) is 7.26. The van der Waals surface area contributed by atoms with Crippen LogP contribution in [-0.2, 0) is 0 Å². The standard InChI is InChI=1S/C33H35F3N6O2S/c1-21-18-23(3)29(24(4)19-21)41-16-17-45-32(41)39-31(43)37-15-5-6-22(2)25-7-9-26(10-8-25)30-38-20-42(40-30)27-11-13-28(14-12-27)44-33(34,35)36/h7-14,18-20,22H,5-6,15-17H2,1-4H3,(H,37,43). The van der Waals surface area contributed by atoms with Crippen molar-refractivity contribution in [3.05, 3.63) is 89.2 Å². The normalized spacial score (nSPS) is 15.0. The Morgan fingerprint density at radius 1 is 1.07 bits per heavy atom. The van der Waals surface area contributed by atoms with Crippen LogP contribution in [0.1, 0.15) is 47.9 Å². The highest BCUT2D eigenvalue weighted by atomic mass is 32.2. The average Bonchev–Trinajstić information content (AvgIpc) is 3.65. The lowest BCUT2D eigenvalue weighted by atomic mass is 9.95. The average molecular weight is 637 g/mol. The molecule has 2 heterocycles. The Kier molecular flexibility index (Phi) is 9.81. The monoisotopic (exact) mass is 636 g/mol. The maximum absolute atomic E-state index is 12.6. The van der Waals surface area contributed by atoms with Crippen molar-refractivity contribution in [3.8, 4) is 22.8 Å². The van der Waals surface area contributed by atoms with Gasteiger partial charge in [-0.05, 0) is 80.5 Å². The number of alkyl halides is 3. The number of amides is 2. The van der Waals surface area contributed by atoms with Crippen molar-refractivity contribution in [2.24, 2.45) is 4.99 Å². The summed E-state index contributed by atoms with van der Waals surface area (Å²) in [5, 5.41) is 8.15. The largest absolute Gasteiger partial charge is 0.573 e. The first-order valence-corrected chi connectivity index (χ1v) is 15.7. The Labute approximate surface area is 264 Å². The third-order valence-electron chi connectivity index (χ3n) is 7.53. The molecular weight excluding hydrogens is 601 g/mol. The number of hydrogen-bond acceptors (Lipinski definition) is 5. The Balaban J connectivity index is 1.10. The van der Waals surface area contributed by atoms with Gasteiger partial charge in [-0.1, -0.05) is 60.6 Å². The lowest BCUT2D eigenvalue weighted by Crippen LogP contribution is -2.29. The molecule has 1 saturated heterocycles. The summed E-state index contributed by atoms with van der Waals surface area (Å²) in [6.07, 6.45) is -1.53. The van der Waals surface area contributed by atoms with Crippen molar-refractivity contribution in [2.45, 2.75) is 52.8 Å². The molecule has 1 unspecified atom stereocenters. The van der Waals surface area contributed by atoms with Gasteiger partial charge in [-0.25, -0.2) is 14.5 Å². The molecule has 8 nitrogen and oxygen atoms in total. The summed E-state index contributed by atoms with van der Waals surface area (Å²) >= 11 is 1.60. The number of anilines is 1. The van der Waals surface area contributed by atoms with Gasteiger partial charge in [-0.15, -0.1) is 18.3 Å². The Bertz CT molecular complexity index is 1650. The summed E-state index contributed by atoms with van der Waals surface area (Å²) in [4.78, 5) is 23.5. The van der Waals surface area contributed by atoms with E-state index in [2.05, 4.69) is 69.9 Å². The second-order valence-electron chi connectivity index (χ2n) is 11.1. The van der Waals surface area contributed by atoms with E-state index in [1.54, 1.807) is 11.8 Å². The number of carbonyl (C=O) groups excluding carboxylic acids is 1. The van der Waals surface area contributed by atoms with Gasteiger partial charge in [0.25, 0.3) is 0 Å². The number of rotatable bonds is 9. The van der Waals surface area contributed by atoms with Crippen molar-refractivity contribution in [1.82, 2.24) is 20.1 Å². The van der Waals surface area contributed by atoms with E-state index in [9.17, 15) is 18.0 Å². The van der Waals surface area contributed by atoms with E-state index in [4.69, 9.17) is 0 Å². The van der Waals surface area contributed by atoms with E-state index in [-0.39, 0.29) is 17.7 Å². The van der Waals surface area contributed by atoms with Crippen molar-refractivity contribution < 1.29 is 22.7 Å². The van der Waals surface area contributed by atoms with Gasteiger partial charge in [-0.2, -0.15) is 4.99 Å². The van der Waals surface area contributed by atoms with Gasteiger partial charge >= 0.3 is 12.4 Å². The number of hydrogen-bond donors (Lipinski definition) is 1. The number of benzene rings is 3. The first-order valence-electron chi connectivity index (χ1n) is 14.7. The highest BCUT2D eigenvalue weighted by Gasteiger charge is 2.31. The number of nitrogens with zero attached hydrogens (tertiary/aromatic N) is 5. The van der Waals surface area contributed by atoms with Crippen molar-refractivity contribution >= 4 is 28.6 Å². The molecule has 1 fully saturated rings. The molecule has 236 valence electrons. The number of ether oxygens (including phenoxy) is 1. The third kappa shape index (κ3) is 8.24. The molecular formula is C33H35F3N6O2S. The highest BCUT2D eigenvalue weighted by molar-refractivity contribution is 8.14. The molecule has 0 saturated carbocycles. The lowest BCUT2D eigenvalue weighted by molar-refractivity contribution is -0.274. The number of aryl methyl sites for hydroxylation is 3. The molecule has 0 bridgehead atoms. The molecule has 1 aliphatic heterocycles. The number of urea groups is 1.